The summed E-state index contributed by atoms with van der Waals surface area (Å²) in [6.45, 7) is 0.403. The van der Waals surface area contributed by atoms with Gasteiger partial charge >= 0.3 is 0 Å². The van der Waals surface area contributed by atoms with Crippen molar-refractivity contribution in [2.75, 3.05) is 5.32 Å². The van der Waals surface area contributed by atoms with Crippen LogP contribution in [0.1, 0.15) is 27.5 Å². The molecule has 0 bridgehead atoms. The minimum absolute atomic E-state index is 0.140. The van der Waals surface area contributed by atoms with E-state index in [-0.39, 0.29) is 11.8 Å². The third-order valence-corrected chi connectivity index (χ3v) is 4.26. The van der Waals surface area contributed by atoms with Gasteiger partial charge in [-0.15, -0.1) is 0 Å². The molecule has 0 saturated heterocycles. The molecule has 0 saturated carbocycles. The van der Waals surface area contributed by atoms with Crippen LogP contribution in [0.15, 0.2) is 67.0 Å². The molecular formula is C19H16N4O2. The van der Waals surface area contributed by atoms with Gasteiger partial charge in [0.25, 0.3) is 11.8 Å². The summed E-state index contributed by atoms with van der Waals surface area (Å²) >= 11 is 0. The number of imidazole rings is 1. The first-order chi connectivity index (χ1) is 12.2. The number of nitrogens with zero attached hydrogens (tertiary/aromatic N) is 2. The molecule has 124 valence electrons. The lowest BCUT2D eigenvalue weighted by Gasteiger charge is -2.27. The zero-order valence-corrected chi connectivity index (χ0v) is 13.3. The number of aromatic amines is 1. The van der Waals surface area contributed by atoms with Crippen molar-refractivity contribution in [3.63, 3.8) is 0 Å². The van der Waals surface area contributed by atoms with Crippen molar-refractivity contribution >= 4 is 17.8 Å². The molecule has 2 N–H and O–H groups in total. The Morgan fingerprint density at radius 2 is 1.88 bits per heavy atom. The van der Waals surface area contributed by atoms with Crippen molar-refractivity contribution in [1.82, 2.24) is 14.9 Å². The molecule has 2 aromatic carbocycles. The Morgan fingerprint density at radius 1 is 1.12 bits per heavy atom. The van der Waals surface area contributed by atoms with Crippen LogP contribution in [0.5, 0.6) is 0 Å². The molecule has 0 spiro atoms. The second kappa shape index (κ2) is 6.24. The Labute approximate surface area is 144 Å². The lowest BCUT2D eigenvalue weighted by molar-refractivity contribution is -0.120. The largest absolute Gasteiger partial charge is 0.331 e. The minimum Gasteiger partial charge on any atom is -0.331 e. The van der Waals surface area contributed by atoms with Crippen LogP contribution in [0.4, 0.5) is 5.95 Å². The van der Waals surface area contributed by atoms with Crippen molar-refractivity contribution < 1.29 is 9.59 Å². The number of carbonyl (C=O) groups is 2. The molecule has 2 heterocycles. The van der Waals surface area contributed by atoms with E-state index in [4.69, 9.17) is 0 Å². The van der Waals surface area contributed by atoms with E-state index in [0.29, 0.717) is 18.1 Å². The van der Waals surface area contributed by atoms with Crippen LogP contribution < -0.4 is 5.32 Å². The Balaban J connectivity index is 1.69. The summed E-state index contributed by atoms with van der Waals surface area (Å²) < 4.78 is 0. The number of hydrogen-bond donors (Lipinski definition) is 2. The second-order valence-corrected chi connectivity index (χ2v) is 5.83. The second-order valence-electron chi connectivity index (χ2n) is 5.83. The van der Waals surface area contributed by atoms with E-state index >= 15 is 0 Å². The van der Waals surface area contributed by atoms with Crippen molar-refractivity contribution in [3.05, 3.63) is 83.7 Å². The first-order valence-electron chi connectivity index (χ1n) is 7.98. The molecule has 1 aliphatic heterocycles. The number of hydrogen-bond acceptors (Lipinski definition) is 3. The Bertz CT molecular complexity index is 906. The van der Waals surface area contributed by atoms with Gasteiger partial charge in [-0.05, 0) is 17.2 Å². The summed E-state index contributed by atoms with van der Waals surface area (Å²) in [4.78, 5) is 34.2. The zero-order valence-electron chi connectivity index (χ0n) is 13.3. The van der Waals surface area contributed by atoms with E-state index in [1.165, 1.54) is 0 Å². The quantitative estimate of drug-likeness (QED) is 0.771. The molecule has 0 fully saturated rings. The third-order valence-electron chi connectivity index (χ3n) is 4.26. The third kappa shape index (κ3) is 2.78. The minimum atomic E-state index is -0.730. The van der Waals surface area contributed by atoms with Gasteiger partial charge in [0.15, 0.2) is 0 Å². The lowest BCUT2D eigenvalue weighted by atomic mass is 10.0. The average molecular weight is 332 g/mol. The molecule has 4 rings (SSSR count). The molecule has 6 heteroatoms. The van der Waals surface area contributed by atoms with Gasteiger partial charge in [0, 0.05) is 24.5 Å². The number of H-pyrrole nitrogens is 1. The van der Waals surface area contributed by atoms with E-state index in [1.54, 1.807) is 23.4 Å². The molecule has 1 aromatic heterocycles. The summed E-state index contributed by atoms with van der Waals surface area (Å²) in [5, 5.41) is 2.75. The molecule has 25 heavy (non-hydrogen) atoms. The van der Waals surface area contributed by atoms with Gasteiger partial charge < -0.3 is 9.88 Å². The summed E-state index contributed by atoms with van der Waals surface area (Å²) in [5.74, 6) is -0.0866. The molecule has 6 nitrogen and oxygen atoms in total. The van der Waals surface area contributed by atoms with Crippen LogP contribution in [-0.2, 0) is 11.3 Å². The van der Waals surface area contributed by atoms with E-state index in [2.05, 4.69) is 15.3 Å². The highest BCUT2D eigenvalue weighted by Crippen LogP contribution is 2.32. The predicted octanol–water partition coefficient (Wildman–Crippen LogP) is 2.75. The summed E-state index contributed by atoms with van der Waals surface area (Å²) in [6, 6.07) is 16.0. The molecular weight excluding hydrogens is 316 g/mol. The number of carbonyl (C=O) groups excluding carboxylic acids is 2. The molecule has 1 aliphatic rings. The molecule has 3 aromatic rings. The van der Waals surface area contributed by atoms with Crippen LogP contribution in [0.3, 0.4) is 0 Å². The fourth-order valence-electron chi connectivity index (χ4n) is 3.11. The van der Waals surface area contributed by atoms with Crippen molar-refractivity contribution in [1.29, 1.82) is 0 Å². The maximum Gasteiger partial charge on any atom is 0.255 e. The molecule has 2 amide bonds. The first-order valence-corrected chi connectivity index (χ1v) is 7.98. The Morgan fingerprint density at radius 3 is 2.60 bits per heavy atom. The summed E-state index contributed by atoms with van der Waals surface area (Å²) in [5.41, 5.74) is 2.33. The van der Waals surface area contributed by atoms with Crippen LogP contribution in [0.25, 0.3) is 0 Å². The van der Waals surface area contributed by atoms with Crippen LogP contribution in [-0.4, -0.2) is 26.7 Å². The smallest absolute Gasteiger partial charge is 0.255 e. The number of amides is 2. The van der Waals surface area contributed by atoms with Gasteiger partial charge in [0.2, 0.25) is 5.95 Å². The van der Waals surface area contributed by atoms with Crippen molar-refractivity contribution in [2.24, 2.45) is 0 Å². The van der Waals surface area contributed by atoms with Crippen LogP contribution in [0.2, 0.25) is 0 Å². The van der Waals surface area contributed by atoms with Crippen LogP contribution in [0, 0.1) is 0 Å². The fourth-order valence-corrected chi connectivity index (χ4v) is 3.11. The van der Waals surface area contributed by atoms with Gasteiger partial charge in [0.1, 0.15) is 6.04 Å². The number of benzene rings is 2. The van der Waals surface area contributed by atoms with Crippen molar-refractivity contribution in [2.45, 2.75) is 12.6 Å². The Kier molecular flexibility index (Phi) is 3.78. The number of fused-ring (bicyclic) bond motifs is 1. The normalized spacial score (nSPS) is 14.2. The van der Waals surface area contributed by atoms with E-state index in [9.17, 15) is 9.59 Å². The molecule has 0 radical (unpaired) electrons. The maximum atomic E-state index is 12.9. The zero-order chi connectivity index (χ0) is 17.2. The summed E-state index contributed by atoms with van der Waals surface area (Å²) in [6.07, 6.45) is 3.19. The molecule has 0 unspecified atom stereocenters. The highest BCUT2D eigenvalue weighted by Gasteiger charge is 2.37. The topological polar surface area (TPSA) is 78.1 Å². The Hall–Kier alpha value is -3.41. The van der Waals surface area contributed by atoms with Crippen molar-refractivity contribution in [3.8, 4) is 0 Å². The van der Waals surface area contributed by atoms with Gasteiger partial charge in [0.05, 0.1) is 0 Å². The lowest BCUT2D eigenvalue weighted by Crippen LogP contribution is -2.37. The molecule has 0 aliphatic carbocycles. The predicted molar refractivity (Wildman–Crippen MR) is 92.7 cm³/mol. The summed E-state index contributed by atoms with van der Waals surface area (Å²) in [7, 11) is 0. The van der Waals surface area contributed by atoms with Gasteiger partial charge in [-0.25, -0.2) is 4.98 Å². The average Bonchev–Trinajstić information content (AvgIpc) is 3.25. The van der Waals surface area contributed by atoms with Gasteiger partial charge in [-0.2, -0.15) is 0 Å². The van der Waals surface area contributed by atoms with Gasteiger partial charge in [-0.3, -0.25) is 14.9 Å². The number of rotatable bonds is 4. The molecule has 1 atom stereocenters. The number of nitrogens with one attached hydrogen (secondary N) is 2. The maximum absolute atomic E-state index is 12.9. The van der Waals surface area contributed by atoms with E-state index < -0.39 is 6.04 Å². The highest BCUT2D eigenvalue weighted by atomic mass is 16.2. The monoisotopic (exact) mass is 332 g/mol. The van der Waals surface area contributed by atoms with Gasteiger partial charge in [-0.1, -0.05) is 48.5 Å². The first kappa shape index (κ1) is 15.1. The number of anilines is 1. The SMILES string of the molecule is O=C(Nc1ncc[nH]1)[C@H](c1ccccc1)N1Cc2ccccc2C1=O. The van der Waals surface area contributed by atoms with E-state index in [1.807, 2.05) is 48.5 Å². The highest BCUT2D eigenvalue weighted by molar-refractivity contribution is 6.03. The number of aromatic nitrogens is 2. The standard InChI is InChI=1S/C19H16N4O2/c24-17(22-19-20-10-11-21-19)16(13-6-2-1-3-7-13)23-12-14-8-4-5-9-15(14)18(23)25/h1-11,16H,12H2,(H2,20,21,22,24)/t16-/m0/s1. The fraction of sp³-hybridized carbons (Fsp3) is 0.105. The van der Waals surface area contributed by atoms with Crippen LogP contribution >= 0.6 is 0 Å². The van der Waals surface area contributed by atoms with E-state index in [0.717, 1.165) is 11.1 Å².